The van der Waals surface area contributed by atoms with Gasteiger partial charge in [-0.3, -0.25) is 4.79 Å². The third kappa shape index (κ3) is 7.37. The first-order chi connectivity index (χ1) is 8.33. The van der Waals surface area contributed by atoms with Gasteiger partial charge in [-0.25, -0.2) is 0 Å². The molecule has 0 atom stereocenters. The molecule has 0 unspecified atom stereocenters. The molecule has 1 saturated heterocycles. The van der Waals surface area contributed by atoms with E-state index in [-0.39, 0.29) is 5.97 Å². The van der Waals surface area contributed by atoms with Crippen LogP contribution in [0.1, 0.15) is 71.1 Å². The molecule has 1 fully saturated rings. The fourth-order valence-corrected chi connectivity index (χ4v) is 2.20. The minimum absolute atomic E-state index is 0.0412. The summed E-state index contributed by atoms with van der Waals surface area (Å²) in [7, 11) is 0. The molecule has 0 N–H and O–H groups in total. The molecule has 1 rings (SSSR count). The summed E-state index contributed by atoms with van der Waals surface area (Å²) in [6.07, 6.45) is 11.6. The summed E-state index contributed by atoms with van der Waals surface area (Å²) in [5.41, 5.74) is 0. The maximum absolute atomic E-state index is 11.5. The highest BCUT2D eigenvalue weighted by molar-refractivity contribution is 5.68. The van der Waals surface area contributed by atoms with E-state index in [0.29, 0.717) is 6.42 Å². The average molecular weight is 241 g/mol. The van der Waals surface area contributed by atoms with Crippen molar-refractivity contribution in [3.05, 3.63) is 0 Å². The predicted molar refractivity (Wildman–Crippen MR) is 69.5 cm³/mol. The largest absolute Gasteiger partial charge is 0.368 e. The Morgan fingerprint density at radius 1 is 1.00 bits per heavy atom. The SMILES string of the molecule is CCCCCCCCCC(=O)ON1CCCC1. The smallest absolute Gasteiger partial charge is 0.325 e. The molecule has 0 amide bonds. The number of hydrogen-bond donors (Lipinski definition) is 0. The molecule has 1 heterocycles. The number of unbranched alkanes of at least 4 members (excludes halogenated alkanes) is 6. The van der Waals surface area contributed by atoms with Crippen molar-refractivity contribution in [1.82, 2.24) is 5.06 Å². The molecule has 1 aliphatic heterocycles. The minimum atomic E-state index is -0.0412. The van der Waals surface area contributed by atoms with Gasteiger partial charge in [-0.05, 0) is 19.3 Å². The van der Waals surface area contributed by atoms with Crippen LogP contribution in [0.5, 0.6) is 0 Å². The molecule has 0 aromatic carbocycles. The molecule has 3 heteroatoms. The molecule has 0 radical (unpaired) electrons. The zero-order chi connectivity index (χ0) is 12.3. The van der Waals surface area contributed by atoms with Crippen molar-refractivity contribution in [3.8, 4) is 0 Å². The van der Waals surface area contributed by atoms with E-state index in [1.807, 2.05) is 5.06 Å². The standard InChI is InChI=1S/C14H27NO2/c1-2-3-4-5-6-7-8-11-14(16)17-15-12-9-10-13-15/h2-13H2,1H3. The van der Waals surface area contributed by atoms with E-state index in [2.05, 4.69) is 6.92 Å². The van der Waals surface area contributed by atoms with E-state index in [0.717, 1.165) is 32.4 Å². The molecule has 0 spiro atoms. The lowest BCUT2D eigenvalue weighted by Crippen LogP contribution is -2.23. The van der Waals surface area contributed by atoms with Crippen molar-refractivity contribution >= 4 is 5.97 Å². The van der Waals surface area contributed by atoms with Crippen LogP contribution >= 0.6 is 0 Å². The Hall–Kier alpha value is -0.570. The molecule has 0 aliphatic carbocycles. The summed E-state index contributed by atoms with van der Waals surface area (Å²) in [4.78, 5) is 16.7. The van der Waals surface area contributed by atoms with E-state index in [1.165, 1.54) is 38.5 Å². The maximum atomic E-state index is 11.5. The number of rotatable bonds is 9. The Morgan fingerprint density at radius 3 is 2.24 bits per heavy atom. The van der Waals surface area contributed by atoms with Crippen molar-refractivity contribution in [2.45, 2.75) is 71.1 Å². The molecule has 1 aliphatic rings. The molecule has 0 bridgehead atoms. The molecule has 0 aromatic rings. The Kier molecular flexibility index (Phi) is 8.06. The highest BCUT2D eigenvalue weighted by Gasteiger charge is 2.15. The van der Waals surface area contributed by atoms with Gasteiger partial charge in [0.25, 0.3) is 0 Å². The van der Waals surface area contributed by atoms with E-state index in [4.69, 9.17) is 4.84 Å². The van der Waals surface area contributed by atoms with Gasteiger partial charge >= 0.3 is 5.97 Å². The normalized spacial score (nSPS) is 16.3. The van der Waals surface area contributed by atoms with E-state index >= 15 is 0 Å². The fraction of sp³-hybridized carbons (Fsp3) is 0.929. The number of carbonyl (C=O) groups excluding carboxylic acids is 1. The first-order valence-electron chi connectivity index (χ1n) is 7.28. The van der Waals surface area contributed by atoms with E-state index < -0.39 is 0 Å². The van der Waals surface area contributed by atoms with Gasteiger partial charge in [-0.15, -0.1) is 5.06 Å². The van der Waals surface area contributed by atoms with Crippen LogP contribution in [0.15, 0.2) is 0 Å². The van der Waals surface area contributed by atoms with Gasteiger partial charge in [-0.2, -0.15) is 0 Å². The van der Waals surface area contributed by atoms with Gasteiger partial charge < -0.3 is 4.84 Å². The van der Waals surface area contributed by atoms with Gasteiger partial charge in [0.1, 0.15) is 0 Å². The van der Waals surface area contributed by atoms with E-state index in [1.54, 1.807) is 0 Å². The van der Waals surface area contributed by atoms with Gasteiger partial charge in [-0.1, -0.05) is 45.4 Å². The van der Waals surface area contributed by atoms with Crippen LogP contribution in [-0.4, -0.2) is 24.1 Å². The van der Waals surface area contributed by atoms with Crippen LogP contribution < -0.4 is 0 Å². The monoisotopic (exact) mass is 241 g/mol. The zero-order valence-electron chi connectivity index (χ0n) is 11.2. The molecular weight excluding hydrogens is 214 g/mol. The second-order valence-corrected chi connectivity index (χ2v) is 4.97. The summed E-state index contributed by atoms with van der Waals surface area (Å²) in [6.45, 7) is 4.07. The maximum Gasteiger partial charge on any atom is 0.325 e. The first-order valence-corrected chi connectivity index (χ1v) is 7.28. The van der Waals surface area contributed by atoms with Crippen LogP contribution in [0, 0.1) is 0 Å². The summed E-state index contributed by atoms with van der Waals surface area (Å²) in [5, 5.41) is 1.81. The summed E-state index contributed by atoms with van der Waals surface area (Å²) < 4.78 is 0. The van der Waals surface area contributed by atoms with Crippen molar-refractivity contribution in [1.29, 1.82) is 0 Å². The number of carbonyl (C=O) groups is 1. The molecule has 0 aromatic heterocycles. The van der Waals surface area contributed by atoms with Crippen molar-refractivity contribution < 1.29 is 9.63 Å². The molecule has 3 nitrogen and oxygen atoms in total. The van der Waals surface area contributed by atoms with E-state index in [9.17, 15) is 4.79 Å². The fourth-order valence-electron chi connectivity index (χ4n) is 2.20. The predicted octanol–water partition coefficient (Wildman–Crippen LogP) is 3.68. The molecule has 17 heavy (non-hydrogen) atoms. The summed E-state index contributed by atoms with van der Waals surface area (Å²) >= 11 is 0. The summed E-state index contributed by atoms with van der Waals surface area (Å²) in [6, 6.07) is 0. The van der Waals surface area contributed by atoms with Crippen LogP contribution in [0.3, 0.4) is 0 Å². The Morgan fingerprint density at radius 2 is 1.59 bits per heavy atom. The zero-order valence-corrected chi connectivity index (χ0v) is 11.2. The molecular formula is C14H27NO2. The van der Waals surface area contributed by atoms with Crippen LogP contribution in [0.4, 0.5) is 0 Å². The van der Waals surface area contributed by atoms with Crippen LogP contribution in [0.25, 0.3) is 0 Å². The quantitative estimate of drug-likeness (QED) is 0.577. The number of hydrogen-bond acceptors (Lipinski definition) is 3. The lowest BCUT2D eigenvalue weighted by molar-refractivity contribution is -0.185. The highest BCUT2D eigenvalue weighted by Crippen LogP contribution is 2.11. The van der Waals surface area contributed by atoms with Crippen LogP contribution in [-0.2, 0) is 9.63 Å². The second kappa shape index (κ2) is 9.46. The van der Waals surface area contributed by atoms with Crippen molar-refractivity contribution in [3.63, 3.8) is 0 Å². The lowest BCUT2D eigenvalue weighted by Gasteiger charge is -2.13. The van der Waals surface area contributed by atoms with Gasteiger partial charge in [0, 0.05) is 19.5 Å². The van der Waals surface area contributed by atoms with Gasteiger partial charge in [0.05, 0.1) is 0 Å². The van der Waals surface area contributed by atoms with Crippen molar-refractivity contribution in [2.24, 2.45) is 0 Å². The lowest BCUT2D eigenvalue weighted by atomic mass is 10.1. The minimum Gasteiger partial charge on any atom is -0.368 e. The summed E-state index contributed by atoms with van der Waals surface area (Å²) in [5.74, 6) is -0.0412. The first kappa shape index (κ1) is 14.5. The molecule has 0 saturated carbocycles. The topological polar surface area (TPSA) is 29.5 Å². The second-order valence-electron chi connectivity index (χ2n) is 4.97. The number of hydroxylamine groups is 2. The Bertz CT molecular complexity index is 200. The third-order valence-electron chi connectivity index (χ3n) is 3.28. The Labute approximate surface area is 105 Å². The molecule has 100 valence electrons. The van der Waals surface area contributed by atoms with Gasteiger partial charge in [0.2, 0.25) is 0 Å². The van der Waals surface area contributed by atoms with Crippen molar-refractivity contribution in [2.75, 3.05) is 13.1 Å². The average Bonchev–Trinajstić information content (AvgIpc) is 2.80. The highest BCUT2D eigenvalue weighted by atomic mass is 16.7. The third-order valence-corrected chi connectivity index (χ3v) is 3.28. The van der Waals surface area contributed by atoms with Crippen LogP contribution in [0.2, 0.25) is 0 Å². The van der Waals surface area contributed by atoms with Gasteiger partial charge in [0.15, 0.2) is 0 Å². The number of nitrogens with zero attached hydrogens (tertiary/aromatic N) is 1. The Balaban J connectivity index is 1.86.